The van der Waals surface area contributed by atoms with Crippen LogP contribution in [0.3, 0.4) is 0 Å². The number of hydrogen-bond donors (Lipinski definition) is 1. The van der Waals surface area contributed by atoms with Crippen molar-refractivity contribution >= 4 is 17.5 Å². The topological polar surface area (TPSA) is 67.8 Å². The van der Waals surface area contributed by atoms with Gasteiger partial charge in [0.15, 0.2) is 0 Å². The summed E-state index contributed by atoms with van der Waals surface area (Å²) in [7, 11) is 1.98. The van der Waals surface area contributed by atoms with Gasteiger partial charge in [-0.25, -0.2) is 9.97 Å². The summed E-state index contributed by atoms with van der Waals surface area (Å²) < 4.78 is 0. The van der Waals surface area contributed by atoms with Crippen LogP contribution < -0.4 is 15.1 Å². The minimum Gasteiger partial charge on any atom is -0.354 e. The van der Waals surface area contributed by atoms with Gasteiger partial charge in [0.25, 0.3) is 0 Å². The molecule has 5 rings (SSSR count). The number of piperazine rings is 1. The molecule has 0 radical (unpaired) electrons. The second kappa shape index (κ2) is 9.91. The van der Waals surface area contributed by atoms with Crippen molar-refractivity contribution in [1.29, 1.82) is 0 Å². The predicted octanol–water partition coefficient (Wildman–Crippen LogP) is 1.71. The molecule has 1 atom stereocenters. The minimum absolute atomic E-state index is 0.197. The Morgan fingerprint density at radius 1 is 0.969 bits per heavy atom. The Kier molecular flexibility index (Phi) is 6.78. The van der Waals surface area contributed by atoms with E-state index >= 15 is 0 Å². The highest BCUT2D eigenvalue weighted by Gasteiger charge is 2.33. The predicted molar refractivity (Wildman–Crippen MR) is 127 cm³/mol. The molecule has 0 bridgehead atoms. The van der Waals surface area contributed by atoms with Gasteiger partial charge in [-0.15, -0.1) is 0 Å². The van der Waals surface area contributed by atoms with Gasteiger partial charge >= 0.3 is 0 Å². The van der Waals surface area contributed by atoms with Crippen molar-refractivity contribution in [2.45, 2.75) is 57.5 Å². The Morgan fingerprint density at radius 2 is 1.75 bits per heavy atom. The van der Waals surface area contributed by atoms with Crippen LogP contribution in [0.4, 0.5) is 11.6 Å². The molecule has 8 nitrogen and oxygen atoms in total. The number of nitrogens with one attached hydrogen (secondary N) is 1. The number of rotatable bonds is 4. The van der Waals surface area contributed by atoms with Gasteiger partial charge in [-0.1, -0.05) is 19.3 Å². The first-order chi connectivity index (χ1) is 15.7. The first-order valence-corrected chi connectivity index (χ1v) is 12.7. The number of hydrogen-bond acceptors (Lipinski definition) is 7. The fraction of sp³-hybridized carbons (Fsp3) is 0.792. The third-order valence-corrected chi connectivity index (χ3v) is 7.91. The Balaban J connectivity index is 1.30. The average molecular weight is 442 g/mol. The third-order valence-electron chi connectivity index (χ3n) is 7.91. The normalized spacial score (nSPS) is 26.2. The van der Waals surface area contributed by atoms with Crippen molar-refractivity contribution in [1.82, 2.24) is 25.1 Å². The lowest BCUT2D eigenvalue weighted by Crippen LogP contribution is -2.50. The number of nitrogens with zero attached hydrogens (tertiary/aromatic N) is 6. The van der Waals surface area contributed by atoms with Gasteiger partial charge in [-0.3, -0.25) is 9.69 Å². The molecule has 1 N–H and O–H groups in total. The van der Waals surface area contributed by atoms with Gasteiger partial charge in [-0.05, 0) is 38.1 Å². The maximum Gasteiger partial charge on any atom is 0.242 e. The van der Waals surface area contributed by atoms with E-state index in [-0.39, 0.29) is 11.9 Å². The maximum absolute atomic E-state index is 13.1. The summed E-state index contributed by atoms with van der Waals surface area (Å²) >= 11 is 0. The lowest BCUT2D eigenvalue weighted by Gasteiger charge is -2.39. The van der Waals surface area contributed by atoms with Crippen LogP contribution in [0, 0.1) is 5.92 Å². The molecule has 2 saturated heterocycles. The second-order valence-corrected chi connectivity index (χ2v) is 10.2. The molecular weight excluding hydrogens is 402 g/mol. The highest BCUT2D eigenvalue weighted by molar-refractivity contribution is 5.84. The summed E-state index contributed by atoms with van der Waals surface area (Å²) in [4.78, 5) is 31.6. The van der Waals surface area contributed by atoms with E-state index in [0.29, 0.717) is 13.1 Å². The van der Waals surface area contributed by atoms with Crippen molar-refractivity contribution in [2.24, 2.45) is 5.92 Å². The fourth-order valence-electron chi connectivity index (χ4n) is 6.07. The van der Waals surface area contributed by atoms with Crippen LogP contribution in [0.25, 0.3) is 0 Å². The zero-order chi connectivity index (χ0) is 21.9. The third kappa shape index (κ3) is 4.71. The zero-order valence-corrected chi connectivity index (χ0v) is 19.6. The van der Waals surface area contributed by atoms with Crippen LogP contribution in [0.2, 0.25) is 0 Å². The standard InChI is InChI=1S/C24H39N7O/c1-28-17-22(32)31(20-8-5-9-25-14-20)16-21-23(28)26-18-27-24(21)30-12-10-29(11-13-30)15-19-6-3-2-4-7-19/h18-20,25H,2-17H2,1H3. The number of fused-ring (bicyclic) bond motifs is 1. The van der Waals surface area contributed by atoms with Gasteiger partial charge < -0.3 is 20.0 Å². The molecule has 0 spiro atoms. The number of amides is 1. The summed E-state index contributed by atoms with van der Waals surface area (Å²) in [6, 6.07) is 0.260. The summed E-state index contributed by atoms with van der Waals surface area (Å²) in [6.07, 6.45) is 10.9. The molecule has 3 aliphatic heterocycles. The molecule has 1 unspecified atom stereocenters. The van der Waals surface area contributed by atoms with E-state index in [1.165, 1.54) is 38.6 Å². The summed E-state index contributed by atoms with van der Waals surface area (Å²) in [5.41, 5.74) is 1.12. The Hall–Kier alpha value is -1.93. The van der Waals surface area contributed by atoms with Crippen LogP contribution in [0.5, 0.6) is 0 Å². The first-order valence-electron chi connectivity index (χ1n) is 12.7. The van der Waals surface area contributed by atoms with E-state index < -0.39 is 0 Å². The van der Waals surface area contributed by atoms with E-state index in [0.717, 1.165) is 75.2 Å². The zero-order valence-electron chi connectivity index (χ0n) is 19.6. The molecule has 3 fully saturated rings. The van der Waals surface area contributed by atoms with Crippen LogP contribution in [0.1, 0.15) is 50.5 Å². The largest absolute Gasteiger partial charge is 0.354 e. The number of piperidine rings is 1. The summed E-state index contributed by atoms with van der Waals surface area (Å²) in [6.45, 7) is 8.38. The number of aromatic nitrogens is 2. The first kappa shape index (κ1) is 21.9. The van der Waals surface area contributed by atoms with Gasteiger partial charge in [0.1, 0.15) is 18.0 Å². The molecule has 0 aromatic carbocycles. The smallest absolute Gasteiger partial charge is 0.242 e. The van der Waals surface area contributed by atoms with Crippen LogP contribution in [-0.2, 0) is 11.3 Å². The molecule has 32 heavy (non-hydrogen) atoms. The molecule has 8 heteroatoms. The Bertz CT molecular complexity index is 783. The van der Waals surface area contributed by atoms with Crippen molar-refractivity contribution in [2.75, 3.05) is 69.2 Å². The van der Waals surface area contributed by atoms with Crippen LogP contribution in [-0.4, -0.2) is 91.1 Å². The van der Waals surface area contributed by atoms with Crippen LogP contribution in [0.15, 0.2) is 6.33 Å². The van der Waals surface area contributed by atoms with Crippen molar-refractivity contribution < 1.29 is 4.79 Å². The monoisotopic (exact) mass is 441 g/mol. The number of likely N-dealkylation sites (N-methyl/N-ethyl adjacent to an activating group) is 1. The highest BCUT2D eigenvalue weighted by Crippen LogP contribution is 2.32. The SMILES string of the molecule is CN1CC(=O)N(C2CCCNC2)Cc2c1ncnc2N1CCN(CC2CCCCC2)CC1. The average Bonchev–Trinajstić information content (AvgIpc) is 2.96. The van der Waals surface area contributed by atoms with Crippen molar-refractivity contribution in [3.63, 3.8) is 0 Å². The van der Waals surface area contributed by atoms with Gasteiger partial charge in [0, 0.05) is 52.4 Å². The van der Waals surface area contributed by atoms with Crippen molar-refractivity contribution in [3.8, 4) is 0 Å². The van der Waals surface area contributed by atoms with Gasteiger partial charge in [-0.2, -0.15) is 0 Å². The molecule has 1 saturated carbocycles. The summed E-state index contributed by atoms with van der Waals surface area (Å²) in [5, 5.41) is 3.47. The number of anilines is 2. The molecule has 4 aliphatic rings. The molecule has 1 amide bonds. The van der Waals surface area contributed by atoms with Crippen molar-refractivity contribution in [3.05, 3.63) is 11.9 Å². The van der Waals surface area contributed by atoms with E-state index in [9.17, 15) is 4.79 Å². The van der Waals surface area contributed by atoms with Gasteiger partial charge in [0.05, 0.1) is 18.7 Å². The molecule has 4 heterocycles. The molecule has 1 aromatic heterocycles. The Morgan fingerprint density at radius 3 is 2.50 bits per heavy atom. The van der Waals surface area contributed by atoms with E-state index in [2.05, 4.69) is 25.0 Å². The molecule has 176 valence electrons. The number of carbonyl (C=O) groups is 1. The van der Waals surface area contributed by atoms with E-state index in [1.807, 2.05) is 11.9 Å². The molecule has 1 aliphatic carbocycles. The minimum atomic E-state index is 0.197. The second-order valence-electron chi connectivity index (χ2n) is 10.2. The summed E-state index contributed by atoms with van der Waals surface area (Å²) in [5.74, 6) is 3.03. The van der Waals surface area contributed by atoms with E-state index in [4.69, 9.17) is 4.98 Å². The van der Waals surface area contributed by atoms with Gasteiger partial charge in [0.2, 0.25) is 5.91 Å². The molecular formula is C24H39N7O. The lowest BCUT2D eigenvalue weighted by molar-refractivity contribution is -0.132. The lowest BCUT2D eigenvalue weighted by atomic mass is 9.89. The fourth-order valence-corrected chi connectivity index (χ4v) is 6.07. The number of carbonyl (C=O) groups excluding carboxylic acids is 1. The highest BCUT2D eigenvalue weighted by atomic mass is 16.2. The van der Waals surface area contributed by atoms with Crippen LogP contribution >= 0.6 is 0 Å². The maximum atomic E-state index is 13.1. The quantitative estimate of drug-likeness (QED) is 0.763. The van der Waals surface area contributed by atoms with E-state index in [1.54, 1.807) is 6.33 Å². The molecule has 1 aromatic rings. The Labute approximate surface area is 192 Å².